The van der Waals surface area contributed by atoms with Crippen molar-refractivity contribution in [2.24, 2.45) is 0 Å². The first-order valence-corrected chi connectivity index (χ1v) is 4.24. The Morgan fingerprint density at radius 1 is 1.42 bits per heavy atom. The highest BCUT2D eigenvalue weighted by molar-refractivity contribution is 5.84. The second-order valence-corrected chi connectivity index (χ2v) is 3.60. The Labute approximate surface area is 72.6 Å². The van der Waals surface area contributed by atoms with Gasteiger partial charge < -0.3 is 15.3 Å². The first-order valence-electron chi connectivity index (χ1n) is 4.24. The van der Waals surface area contributed by atoms with Crippen LogP contribution >= 0.6 is 0 Å². The molecule has 1 heterocycles. The molecule has 1 fully saturated rings. The highest BCUT2D eigenvalue weighted by Crippen LogP contribution is 2.07. The zero-order chi connectivity index (χ0) is 9.19. The molecule has 4 nitrogen and oxygen atoms in total. The normalized spacial score (nSPS) is 19.4. The molecule has 1 rings (SSSR count). The minimum Gasteiger partial charge on any atom is -0.381 e. The smallest absolute Gasteiger partial charge is 0.254 e. The number of nitrogens with zero attached hydrogens (tertiary/aromatic N) is 1. The van der Waals surface area contributed by atoms with E-state index in [2.05, 4.69) is 5.32 Å². The van der Waals surface area contributed by atoms with E-state index < -0.39 is 5.60 Å². The van der Waals surface area contributed by atoms with Crippen molar-refractivity contribution < 1.29 is 9.90 Å². The summed E-state index contributed by atoms with van der Waals surface area (Å²) >= 11 is 0. The van der Waals surface area contributed by atoms with Gasteiger partial charge in [-0.15, -0.1) is 0 Å². The van der Waals surface area contributed by atoms with E-state index >= 15 is 0 Å². The van der Waals surface area contributed by atoms with Crippen molar-refractivity contribution in [2.75, 3.05) is 26.2 Å². The molecule has 0 atom stereocenters. The van der Waals surface area contributed by atoms with Crippen molar-refractivity contribution in [1.29, 1.82) is 0 Å². The maximum absolute atomic E-state index is 11.5. The average Bonchev–Trinajstić information content (AvgIpc) is 2.03. The third-order valence-electron chi connectivity index (χ3n) is 1.93. The van der Waals surface area contributed by atoms with E-state index in [-0.39, 0.29) is 5.91 Å². The summed E-state index contributed by atoms with van der Waals surface area (Å²) in [5, 5.41) is 12.6. The molecule has 0 aliphatic carbocycles. The third kappa shape index (κ3) is 2.19. The van der Waals surface area contributed by atoms with Crippen LogP contribution in [0.15, 0.2) is 0 Å². The highest BCUT2D eigenvalue weighted by Gasteiger charge is 2.29. The van der Waals surface area contributed by atoms with E-state index in [0.717, 1.165) is 13.1 Å². The van der Waals surface area contributed by atoms with E-state index in [4.69, 9.17) is 0 Å². The molecule has 0 bridgehead atoms. The highest BCUT2D eigenvalue weighted by atomic mass is 16.3. The molecule has 1 saturated heterocycles. The van der Waals surface area contributed by atoms with Crippen molar-refractivity contribution in [3.05, 3.63) is 0 Å². The largest absolute Gasteiger partial charge is 0.381 e. The number of carbonyl (C=O) groups excluding carboxylic acids is 1. The number of aliphatic hydroxyl groups is 1. The maximum Gasteiger partial charge on any atom is 0.254 e. The Kier molecular flexibility index (Phi) is 2.69. The Balaban J connectivity index is 2.51. The number of carbonyl (C=O) groups is 1. The van der Waals surface area contributed by atoms with Crippen LogP contribution in [0.25, 0.3) is 0 Å². The second-order valence-electron chi connectivity index (χ2n) is 3.60. The second kappa shape index (κ2) is 3.41. The number of hydrogen-bond donors (Lipinski definition) is 2. The van der Waals surface area contributed by atoms with Crippen molar-refractivity contribution >= 4 is 5.91 Å². The van der Waals surface area contributed by atoms with Crippen LogP contribution in [0.4, 0.5) is 0 Å². The number of hydrogen-bond acceptors (Lipinski definition) is 3. The Bertz CT molecular complexity index is 168. The Morgan fingerprint density at radius 3 is 2.33 bits per heavy atom. The van der Waals surface area contributed by atoms with Crippen molar-refractivity contribution in [1.82, 2.24) is 10.2 Å². The van der Waals surface area contributed by atoms with E-state index in [1.54, 1.807) is 4.90 Å². The summed E-state index contributed by atoms with van der Waals surface area (Å²) in [5.74, 6) is -0.177. The van der Waals surface area contributed by atoms with Crippen molar-refractivity contribution in [3.63, 3.8) is 0 Å². The molecular weight excluding hydrogens is 156 g/mol. The molecule has 0 unspecified atom stereocenters. The first kappa shape index (κ1) is 9.48. The van der Waals surface area contributed by atoms with Crippen LogP contribution in [-0.2, 0) is 4.79 Å². The summed E-state index contributed by atoms with van der Waals surface area (Å²) < 4.78 is 0. The van der Waals surface area contributed by atoms with Crippen LogP contribution < -0.4 is 5.32 Å². The average molecular weight is 172 g/mol. The third-order valence-corrected chi connectivity index (χ3v) is 1.93. The van der Waals surface area contributed by atoms with Crippen molar-refractivity contribution in [2.45, 2.75) is 19.4 Å². The van der Waals surface area contributed by atoms with Crippen LogP contribution in [0, 0.1) is 0 Å². The topological polar surface area (TPSA) is 52.6 Å². The molecule has 1 aliphatic rings. The monoisotopic (exact) mass is 172 g/mol. The molecule has 2 N–H and O–H groups in total. The van der Waals surface area contributed by atoms with Gasteiger partial charge in [0.05, 0.1) is 0 Å². The lowest BCUT2D eigenvalue weighted by Crippen LogP contribution is -2.52. The molecule has 0 aromatic carbocycles. The van der Waals surface area contributed by atoms with Crippen molar-refractivity contribution in [3.8, 4) is 0 Å². The lowest BCUT2D eigenvalue weighted by molar-refractivity contribution is -0.148. The molecular formula is C8H16N2O2. The number of amides is 1. The van der Waals surface area contributed by atoms with E-state index in [1.807, 2.05) is 0 Å². The van der Waals surface area contributed by atoms with Gasteiger partial charge in [0.1, 0.15) is 5.60 Å². The molecule has 1 amide bonds. The standard InChI is InChI=1S/C8H16N2O2/c1-8(2,12)7(11)10-5-3-9-4-6-10/h9,12H,3-6H2,1-2H3. The van der Waals surface area contributed by atoms with Gasteiger partial charge in [-0.25, -0.2) is 0 Å². The zero-order valence-electron chi connectivity index (χ0n) is 7.63. The molecule has 0 saturated carbocycles. The summed E-state index contributed by atoms with van der Waals surface area (Å²) in [5.41, 5.74) is -1.22. The van der Waals surface area contributed by atoms with Gasteiger partial charge in [0.2, 0.25) is 0 Å². The van der Waals surface area contributed by atoms with Gasteiger partial charge in [-0.1, -0.05) is 0 Å². The Hall–Kier alpha value is -0.610. The van der Waals surface area contributed by atoms with Crippen LogP contribution in [0.3, 0.4) is 0 Å². The van der Waals surface area contributed by atoms with Gasteiger partial charge >= 0.3 is 0 Å². The molecule has 0 spiro atoms. The van der Waals surface area contributed by atoms with Crippen LogP contribution in [-0.4, -0.2) is 47.7 Å². The van der Waals surface area contributed by atoms with Crippen LogP contribution in [0.2, 0.25) is 0 Å². The van der Waals surface area contributed by atoms with Crippen LogP contribution in [0.1, 0.15) is 13.8 Å². The lowest BCUT2D eigenvalue weighted by atomic mass is 10.1. The summed E-state index contributed by atoms with van der Waals surface area (Å²) in [6, 6.07) is 0. The zero-order valence-corrected chi connectivity index (χ0v) is 7.63. The van der Waals surface area contributed by atoms with E-state index in [0.29, 0.717) is 13.1 Å². The van der Waals surface area contributed by atoms with E-state index in [9.17, 15) is 9.90 Å². The number of rotatable bonds is 1. The molecule has 70 valence electrons. The minimum absolute atomic E-state index is 0.177. The van der Waals surface area contributed by atoms with Gasteiger partial charge in [0.15, 0.2) is 0 Å². The lowest BCUT2D eigenvalue weighted by Gasteiger charge is -2.31. The van der Waals surface area contributed by atoms with Crippen LogP contribution in [0.5, 0.6) is 0 Å². The maximum atomic E-state index is 11.5. The minimum atomic E-state index is -1.22. The number of piperazine rings is 1. The van der Waals surface area contributed by atoms with Gasteiger partial charge in [-0.3, -0.25) is 4.79 Å². The molecule has 12 heavy (non-hydrogen) atoms. The predicted octanol–water partition coefficient (Wildman–Crippen LogP) is -0.811. The van der Waals surface area contributed by atoms with E-state index in [1.165, 1.54) is 13.8 Å². The fraction of sp³-hybridized carbons (Fsp3) is 0.875. The molecule has 1 aliphatic heterocycles. The molecule has 0 aromatic heterocycles. The molecule has 0 aromatic rings. The molecule has 4 heteroatoms. The predicted molar refractivity (Wildman–Crippen MR) is 45.7 cm³/mol. The van der Waals surface area contributed by atoms with Gasteiger partial charge in [0.25, 0.3) is 5.91 Å². The number of nitrogens with one attached hydrogen (secondary N) is 1. The molecule has 0 radical (unpaired) electrons. The fourth-order valence-electron chi connectivity index (χ4n) is 1.25. The van der Waals surface area contributed by atoms with Gasteiger partial charge in [-0.05, 0) is 13.8 Å². The summed E-state index contributed by atoms with van der Waals surface area (Å²) in [6.45, 7) is 6.09. The SMILES string of the molecule is CC(C)(O)C(=O)N1CCNCC1. The first-order chi connectivity index (χ1) is 5.52. The summed E-state index contributed by atoms with van der Waals surface area (Å²) in [7, 11) is 0. The summed E-state index contributed by atoms with van der Waals surface area (Å²) in [6.07, 6.45) is 0. The quantitative estimate of drug-likeness (QED) is 0.544. The summed E-state index contributed by atoms with van der Waals surface area (Å²) in [4.78, 5) is 13.2. The van der Waals surface area contributed by atoms with Gasteiger partial charge in [0, 0.05) is 26.2 Å². The fourth-order valence-corrected chi connectivity index (χ4v) is 1.25. The van der Waals surface area contributed by atoms with Gasteiger partial charge in [-0.2, -0.15) is 0 Å². The Morgan fingerprint density at radius 2 is 1.92 bits per heavy atom.